The summed E-state index contributed by atoms with van der Waals surface area (Å²) in [5.41, 5.74) is 0.675. The molecule has 0 spiro atoms. The number of unbranched alkanes of at least 4 members (excludes halogenated alkanes) is 5. The maximum absolute atomic E-state index is 12.9. The number of nitrogens with zero attached hydrogens (tertiary/aromatic N) is 2. The summed E-state index contributed by atoms with van der Waals surface area (Å²) in [5.74, 6) is -0.409. The quantitative estimate of drug-likeness (QED) is 0.245. The maximum Gasteiger partial charge on any atom is 0.269 e. The number of benzene rings is 1. The smallest absolute Gasteiger partial charge is 0.269 e. The van der Waals surface area contributed by atoms with E-state index < -0.39 is 4.92 Å². The number of aliphatic hydroxyl groups is 1. The van der Waals surface area contributed by atoms with Crippen LogP contribution in [0.25, 0.3) is 5.57 Å². The van der Waals surface area contributed by atoms with Crippen LogP contribution < -0.4 is 0 Å². The van der Waals surface area contributed by atoms with E-state index in [0.29, 0.717) is 22.8 Å². The molecule has 2 amide bonds. The van der Waals surface area contributed by atoms with Crippen LogP contribution in [0.3, 0.4) is 0 Å². The summed E-state index contributed by atoms with van der Waals surface area (Å²) >= 11 is 1.15. The van der Waals surface area contributed by atoms with Crippen molar-refractivity contribution >= 4 is 34.8 Å². The Morgan fingerprint density at radius 1 is 1.04 bits per heavy atom. The van der Waals surface area contributed by atoms with Gasteiger partial charge in [0.15, 0.2) is 0 Å². The second-order valence-electron chi connectivity index (χ2n) is 6.61. The number of hydrogen-bond acceptors (Lipinski definition) is 6. The van der Waals surface area contributed by atoms with Gasteiger partial charge in [-0.3, -0.25) is 24.6 Å². The first-order valence-electron chi connectivity index (χ1n) is 9.60. The zero-order valence-electron chi connectivity index (χ0n) is 16.1. The van der Waals surface area contributed by atoms with E-state index in [1.54, 1.807) is 0 Å². The van der Waals surface area contributed by atoms with Crippen molar-refractivity contribution in [3.8, 4) is 0 Å². The largest absolute Gasteiger partial charge is 0.396 e. The number of nitro benzene ring substituents is 1. The minimum atomic E-state index is -0.508. The molecule has 0 saturated carbocycles. The second-order valence-corrected chi connectivity index (χ2v) is 7.72. The zero-order chi connectivity index (χ0) is 20.5. The number of carbonyl (C=O) groups excluding carboxylic acids is 2. The number of nitro groups is 1. The van der Waals surface area contributed by atoms with Crippen LogP contribution in [0.2, 0.25) is 0 Å². The summed E-state index contributed by atoms with van der Waals surface area (Å²) in [6.45, 7) is 2.41. The molecule has 152 valence electrons. The number of thioether (sulfide) groups is 1. The number of hydrogen-bond donors (Lipinski definition) is 1. The molecule has 0 aliphatic carbocycles. The topological polar surface area (TPSA) is 101 Å². The van der Waals surface area contributed by atoms with E-state index in [2.05, 4.69) is 6.92 Å². The third-order valence-corrected chi connectivity index (χ3v) is 5.62. The highest BCUT2D eigenvalue weighted by molar-refractivity contribution is 8.04. The van der Waals surface area contributed by atoms with E-state index in [-0.39, 0.29) is 29.7 Å². The Labute approximate surface area is 168 Å². The van der Waals surface area contributed by atoms with Crippen LogP contribution in [0.5, 0.6) is 0 Å². The van der Waals surface area contributed by atoms with E-state index >= 15 is 0 Å². The number of amides is 2. The summed E-state index contributed by atoms with van der Waals surface area (Å²) in [6, 6.07) is 5.63. The van der Waals surface area contributed by atoms with Gasteiger partial charge in [0.25, 0.3) is 17.5 Å². The number of imide groups is 1. The normalized spacial score (nSPS) is 14.3. The van der Waals surface area contributed by atoms with Crippen LogP contribution in [0.1, 0.15) is 51.0 Å². The van der Waals surface area contributed by atoms with Gasteiger partial charge in [-0.1, -0.05) is 39.0 Å². The molecular weight excluding hydrogens is 380 g/mol. The van der Waals surface area contributed by atoms with E-state index in [1.165, 1.54) is 35.6 Å². The molecule has 1 aromatic carbocycles. The lowest BCUT2D eigenvalue weighted by molar-refractivity contribution is -0.384. The van der Waals surface area contributed by atoms with Crippen LogP contribution in [-0.4, -0.2) is 45.6 Å². The van der Waals surface area contributed by atoms with Gasteiger partial charge in [-0.05, 0) is 24.1 Å². The van der Waals surface area contributed by atoms with Crippen molar-refractivity contribution in [2.75, 3.05) is 18.9 Å². The van der Waals surface area contributed by atoms with Crippen LogP contribution in [0.15, 0.2) is 29.2 Å². The molecule has 0 saturated heterocycles. The summed E-state index contributed by atoms with van der Waals surface area (Å²) in [4.78, 5) is 37.6. The standard InChI is InChI=1S/C20H26N2O5S/c1-2-3-4-5-6-7-12-21-19(24)17(18(20(21)25)28-14-13-23)15-8-10-16(11-9-15)22(26)27/h8-11,23H,2-7,12-14H2,1H3. The predicted octanol–water partition coefficient (Wildman–Crippen LogP) is 3.76. The fourth-order valence-electron chi connectivity index (χ4n) is 3.09. The van der Waals surface area contributed by atoms with Gasteiger partial charge >= 0.3 is 0 Å². The van der Waals surface area contributed by atoms with Gasteiger partial charge in [-0.15, -0.1) is 11.8 Å². The molecule has 1 aliphatic heterocycles. The molecule has 7 nitrogen and oxygen atoms in total. The van der Waals surface area contributed by atoms with Crippen molar-refractivity contribution in [3.63, 3.8) is 0 Å². The fraction of sp³-hybridized carbons (Fsp3) is 0.500. The van der Waals surface area contributed by atoms with Gasteiger partial charge in [0.05, 0.1) is 22.0 Å². The highest BCUT2D eigenvalue weighted by atomic mass is 32.2. The third-order valence-electron chi connectivity index (χ3n) is 4.57. The molecule has 0 radical (unpaired) electrons. The highest BCUT2D eigenvalue weighted by Gasteiger charge is 2.38. The summed E-state index contributed by atoms with van der Waals surface area (Å²) in [6.07, 6.45) is 6.31. The van der Waals surface area contributed by atoms with Crippen molar-refractivity contribution in [2.45, 2.75) is 45.4 Å². The van der Waals surface area contributed by atoms with Crippen molar-refractivity contribution in [2.24, 2.45) is 0 Å². The lowest BCUT2D eigenvalue weighted by atomic mass is 10.1. The molecule has 1 aliphatic rings. The first-order chi connectivity index (χ1) is 13.5. The Morgan fingerprint density at radius 3 is 2.29 bits per heavy atom. The lowest BCUT2D eigenvalue weighted by Gasteiger charge is -2.15. The molecule has 0 atom stereocenters. The van der Waals surface area contributed by atoms with Crippen molar-refractivity contribution in [1.29, 1.82) is 0 Å². The van der Waals surface area contributed by atoms with Crippen LogP contribution in [0, 0.1) is 10.1 Å². The van der Waals surface area contributed by atoms with Crippen molar-refractivity contribution < 1.29 is 19.6 Å². The predicted molar refractivity (Wildman–Crippen MR) is 110 cm³/mol. The zero-order valence-corrected chi connectivity index (χ0v) is 16.9. The molecule has 2 rings (SSSR count). The fourth-order valence-corrected chi connectivity index (χ4v) is 3.97. The highest BCUT2D eigenvalue weighted by Crippen LogP contribution is 2.36. The molecule has 0 aromatic heterocycles. The lowest BCUT2D eigenvalue weighted by Crippen LogP contribution is -2.32. The monoisotopic (exact) mass is 406 g/mol. The SMILES string of the molecule is CCCCCCCCN1C(=O)C(SCCO)=C(c2ccc([N+](=O)[O-])cc2)C1=O. The second kappa shape index (κ2) is 11.0. The Bertz CT molecular complexity index is 745. The van der Waals surface area contributed by atoms with E-state index in [4.69, 9.17) is 5.11 Å². The first-order valence-corrected chi connectivity index (χ1v) is 10.6. The van der Waals surface area contributed by atoms with Gasteiger partial charge in [0, 0.05) is 24.4 Å². The molecule has 0 unspecified atom stereocenters. The average molecular weight is 407 g/mol. The number of carbonyl (C=O) groups is 2. The average Bonchev–Trinajstić information content (AvgIpc) is 2.92. The maximum atomic E-state index is 12.9. The molecule has 1 heterocycles. The minimum absolute atomic E-state index is 0.0744. The number of rotatable bonds is 12. The molecule has 0 fully saturated rings. The summed E-state index contributed by atoms with van der Waals surface area (Å²) in [5, 5.41) is 20.0. The van der Waals surface area contributed by atoms with E-state index in [9.17, 15) is 19.7 Å². The Balaban J connectivity index is 2.15. The first kappa shape index (κ1) is 22.1. The molecule has 0 bridgehead atoms. The van der Waals surface area contributed by atoms with Crippen LogP contribution in [0.4, 0.5) is 5.69 Å². The molecule has 28 heavy (non-hydrogen) atoms. The Morgan fingerprint density at radius 2 is 1.68 bits per heavy atom. The number of non-ortho nitro benzene ring substituents is 1. The van der Waals surface area contributed by atoms with Gasteiger partial charge in [-0.2, -0.15) is 0 Å². The number of aliphatic hydroxyl groups excluding tert-OH is 1. The summed E-state index contributed by atoms with van der Waals surface area (Å²) < 4.78 is 0. The molecule has 8 heteroatoms. The van der Waals surface area contributed by atoms with E-state index in [0.717, 1.165) is 43.9 Å². The van der Waals surface area contributed by atoms with Gasteiger partial charge in [0.1, 0.15) is 0 Å². The van der Waals surface area contributed by atoms with Crippen LogP contribution >= 0.6 is 11.8 Å². The Hall–Kier alpha value is -2.19. The van der Waals surface area contributed by atoms with Crippen molar-refractivity contribution in [3.05, 3.63) is 44.8 Å². The van der Waals surface area contributed by atoms with Crippen LogP contribution in [-0.2, 0) is 9.59 Å². The molecular formula is C20H26N2O5S. The molecule has 1 N–H and O–H groups in total. The van der Waals surface area contributed by atoms with E-state index in [1.807, 2.05) is 0 Å². The minimum Gasteiger partial charge on any atom is -0.396 e. The van der Waals surface area contributed by atoms with Gasteiger partial charge in [-0.25, -0.2) is 0 Å². The van der Waals surface area contributed by atoms with Gasteiger partial charge < -0.3 is 5.11 Å². The summed E-state index contributed by atoms with van der Waals surface area (Å²) in [7, 11) is 0. The third kappa shape index (κ3) is 5.42. The molecule has 1 aromatic rings. The Kier molecular flexibility index (Phi) is 8.66. The van der Waals surface area contributed by atoms with Gasteiger partial charge in [0.2, 0.25) is 0 Å². The van der Waals surface area contributed by atoms with Crippen molar-refractivity contribution in [1.82, 2.24) is 4.90 Å².